The molecule has 0 spiro atoms. The summed E-state index contributed by atoms with van der Waals surface area (Å²) in [5, 5.41) is 10.9. The molecule has 2 aromatic rings. The lowest BCUT2D eigenvalue weighted by atomic mass is 9.99. The molecule has 0 aliphatic heterocycles. The third-order valence-corrected chi connectivity index (χ3v) is 3.34. The van der Waals surface area contributed by atoms with Gasteiger partial charge in [-0.25, -0.2) is 4.39 Å². The number of aliphatic hydroxyl groups excluding tert-OH is 1. The lowest BCUT2D eigenvalue weighted by molar-refractivity contribution is 0.143. The maximum Gasteiger partial charge on any atom is 0.259 e. The Labute approximate surface area is 108 Å². The van der Waals surface area contributed by atoms with Gasteiger partial charge in [-0.2, -0.15) is 0 Å². The van der Waals surface area contributed by atoms with Gasteiger partial charge in [0.05, 0.1) is 0 Å². The number of hydrogen-bond donors (Lipinski definition) is 1. The molecule has 0 aliphatic rings. The van der Waals surface area contributed by atoms with Crippen LogP contribution in [-0.4, -0.2) is 16.3 Å². The van der Waals surface area contributed by atoms with E-state index in [1.807, 2.05) is 0 Å². The highest BCUT2D eigenvalue weighted by Crippen LogP contribution is 2.26. The lowest BCUT2D eigenvalue weighted by Gasteiger charge is -2.13. The van der Waals surface area contributed by atoms with E-state index in [-0.39, 0.29) is 10.7 Å². The Morgan fingerprint density at radius 2 is 2.06 bits per heavy atom. The van der Waals surface area contributed by atoms with Crippen LogP contribution in [0.1, 0.15) is 17.2 Å². The number of halogens is 2. The number of alkyl halides is 1. The van der Waals surface area contributed by atoms with E-state index in [4.69, 9.17) is 11.6 Å². The van der Waals surface area contributed by atoms with Crippen LogP contribution in [0.15, 0.2) is 23.0 Å². The van der Waals surface area contributed by atoms with E-state index in [0.29, 0.717) is 16.3 Å². The molecule has 0 bridgehead atoms. The van der Waals surface area contributed by atoms with Gasteiger partial charge < -0.3 is 9.67 Å². The molecule has 0 aliphatic carbocycles. The smallest absolute Gasteiger partial charge is 0.259 e. The average molecular weight is 270 g/mol. The minimum atomic E-state index is -1.24. The predicted octanol–water partition coefficient (Wildman–Crippen LogP) is 2.50. The van der Waals surface area contributed by atoms with Gasteiger partial charge in [0.25, 0.3) is 5.56 Å². The van der Waals surface area contributed by atoms with Crippen molar-refractivity contribution in [3.63, 3.8) is 0 Å². The van der Waals surface area contributed by atoms with Crippen LogP contribution in [0.3, 0.4) is 0 Å². The van der Waals surface area contributed by atoms with E-state index >= 15 is 0 Å². The Kier molecular flexibility index (Phi) is 3.41. The monoisotopic (exact) mass is 269 g/mol. The van der Waals surface area contributed by atoms with Crippen molar-refractivity contribution < 1.29 is 9.50 Å². The highest BCUT2D eigenvalue weighted by Gasteiger charge is 2.15. The van der Waals surface area contributed by atoms with Crippen molar-refractivity contribution in [1.29, 1.82) is 0 Å². The van der Waals surface area contributed by atoms with Gasteiger partial charge in [0.1, 0.15) is 17.9 Å². The maximum absolute atomic E-state index is 12.6. The molecule has 5 heteroatoms. The first-order valence-electron chi connectivity index (χ1n) is 5.49. The van der Waals surface area contributed by atoms with E-state index < -0.39 is 12.8 Å². The second kappa shape index (κ2) is 4.71. The molecular weight excluding hydrogens is 257 g/mol. The first-order chi connectivity index (χ1) is 8.45. The van der Waals surface area contributed by atoms with Crippen LogP contribution in [0.25, 0.3) is 10.8 Å². The van der Waals surface area contributed by atoms with Crippen LogP contribution >= 0.6 is 11.6 Å². The van der Waals surface area contributed by atoms with Crippen molar-refractivity contribution in [3.8, 4) is 0 Å². The van der Waals surface area contributed by atoms with Gasteiger partial charge >= 0.3 is 0 Å². The summed E-state index contributed by atoms with van der Waals surface area (Å²) in [5.41, 5.74) is 0.935. The number of pyridine rings is 1. The molecule has 18 heavy (non-hydrogen) atoms. The standard InChI is InChI=1S/C13H13ClFNO2/c1-7-3-9(11(17)6-15)8-5-12(14)16(2)13(18)10(8)4-7/h3-5,11,17H,6H2,1-2H3. The SMILES string of the molecule is Cc1cc(C(O)CF)c2cc(Cl)n(C)c(=O)c2c1. The Balaban J connectivity index is 2.92. The largest absolute Gasteiger partial charge is 0.386 e. The quantitative estimate of drug-likeness (QED) is 0.851. The fourth-order valence-corrected chi connectivity index (χ4v) is 2.20. The first kappa shape index (κ1) is 13.1. The number of aromatic nitrogens is 1. The molecule has 0 saturated heterocycles. The van der Waals surface area contributed by atoms with E-state index in [1.54, 1.807) is 32.2 Å². The van der Waals surface area contributed by atoms with Crippen LogP contribution in [0, 0.1) is 6.92 Å². The fourth-order valence-electron chi connectivity index (χ4n) is 2.02. The summed E-state index contributed by atoms with van der Waals surface area (Å²) in [5.74, 6) is 0. The van der Waals surface area contributed by atoms with E-state index in [9.17, 15) is 14.3 Å². The molecular formula is C13H13ClFNO2. The summed E-state index contributed by atoms with van der Waals surface area (Å²) in [6.45, 7) is 0.896. The van der Waals surface area contributed by atoms with E-state index in [1.165, 1.54) is 4.57 Å². The number of hydrogen-bond acceptors (Lipinski definition) is 2. The summed E-state index contributed by atoms with van der Waals surface area (Å²) in [7, 11) is 1.57. The van der Waals surface area contributed by atoms with Crippen LogP contribution in [0.2, 0.25) is 5.15 Å². The normalized spacial score (nSPS) is 12.9. The number of benzene rings is 1. The highest BCUT2D eigenvalue weighted by atomic mass is 35.5. The van der Waals surface area contributed by atoms with Gasteiger partial charge in [-0.3, -0.25) is 4.79 Å². The Morgan fingerprint density at radius 1 is 1.39 bits per heavy atom. The van der Waals surface area contributed by atoms with Gasteiger partial charge in [-0.15, -0.1) is 0 Å². The van der Waals surface area contributed by atoms with Gasteiger partial charge in [0.2, 0.25) is 0 Å². The molecule has 1 heterocycles. The van der Waals surface area contributed by atoms with Gasteiger partial charge in [0, 0.05) is 12.4 Å². The molecule has 1 N–H and O–H groups in total. The van der Waals surface area contributed by atoms with Crippen LogP contribution in [-0.2, 0) is 7.05 Å². The van der Waals surface area contributed by atoms with Crippen molar-refractivity contribution in [2.45, 2.75) is 13.0 Å². The third kappa shape index (κ3) is 2.02. The zero-order chi connectivity index (χ0) is 13.4. The molecule has 3 nitrogen and oxygen atoms in total. The highest BCUT2D eigenvalue weighted by molar-refractivity contribution is 6.30. The summed E-state index contributed by atoms with van der Waals surface area (Å²) < 4.78 is 14.0. The molecule has 1 aromatic heterocycles. The van der Waals surface area contributed by atoms with Crippen LogP contribution < -0.4 is 5.56 Å². The fraction of sp³-hybridized carbons (Fsp3) is 0.308. The molecule has 1 aromatic carbocycles. The number of fused-ring (bicyclic) bond motifs is 1. The van der Waals surface area contributed by atoms with Crippen molar-refractivity contribution >= 4 is 22.4 Å². The van der Waals surface area contributed by atoms with Crippen LogP contribution in [0.4, 0.5) is 4.39 Å². The van der Waals surface area contributed by atoms with Crippen molar-refractivity contribution in [2.75, 3.05) is 6.67 Å². The Hall–Kier alpha value is -1.39. The molecule has 96 valence electrons. The Bertz CT molecular complexity index is 666. The zero-order valence-electron chi connectivity index (χ0n) is 10.1. The van der Waals surface area contributed by atoms with Crippen LogP contribution in [0.5, 0.6) is 0 Å². The maximum atomic E-state index is 12.6. The van der Waals surface area contributed by atoms with Crippen molar-refractivity contribution in [1.82, 2.24) is 4.57 Å². The minimum Gasteiger partial charge on any atom is -0.386 e. The number of aliphatic hydroxyl groups is 1. The second-order valence-electron chi connectivity index (χ2n) is 4.32. The third-order valence-electron chi connectivity index (χ3n) is 2.98. The Morgan fingerprint density at radius 3 is 2.67 bits per heavy atom. The number of rotatable bonds is 2. The van der Waals surface area contributed by atoms with Gasteiger partial charge in [-0.1, -0.05) is 17.7 Å². The molecule has 1 unspecified atom stereocenters. The predicted molar refractivity (Wildman–Crippen MR) is 69.9 cm³/mol. The molecule has 0 fully saturated rings. The number of aryl methyl sites for hydroxylation is 1. The van der Waals surface area contributed by atoms with Gasteiger partial charge in [0.15, 0.2) is 0 Å². The van der Waals surface area contributed by atoms with E-state index in [2.05, 4.69) is 0 Å². The molecule has 2 rings (SSSR count). The zero-order valence-corrected chi connectivity index (χ0v) is 10.8. The molecule has 0 saturated carbocycles. The summed E-state index contributed by atoms with van der Waals surface area (Å²) in [4.78, 5) is 12.1. The summed E-state index contributed by atoms with van der Waals surface area (Å²) in [6, 6.07) is 4.96. The number of nitrogens with zero attached hydrogens (tertiary/aromatic N) is 1. The van der Waals surface area contributed by atoms with Crippen molar-refractivity contribution in [2.24, 2.45) is 7.05 Å². The van der Waals surface area contributed by atoms with E-state index in [0.717, 1.165) is 5.56 Å². The van der Waals surface area contributed by atoms with Crippen molar-refractivity contribution in [3.05, 3.63) is 44.8 Å². The average Bonchev–Trinajstić information content (AvgIpc) is 2.35. The second-order valence-corrected chi connectivity index (χ2v) is 4.70. The molecule has 0 radical (unpaired) electrons. The topological polar surface area (TPSA) is 42.2 Å². The van der Waals surface area contributed by atoms with Gasteiger partial charge in [-0.05, 0) is 35.6 Å². The first-order valence-corrected chi connectivity index (χ1v) is 5.87. The summed E-state index contributed by atoms with van der Waals surface area (Å²) >= 11 is 5.94. The summed E-state index contributed by atoms with van der Waals surface area (Å²) in [6.07, 6.45) is -1.24. The minimum absolute atomic E-state index is 0.253. The molecule has 0 amide bonds. The molecule has 1 atom stereocenters. The lowest BCUT2D eigenvalue weighted by Crippen LogP contribution is -2.18.